The number of fused-ring (bicyclic) bond motifs is 1. The third-order valence-electron chi connectivity index (χ3n) is 9.94. The number of ether oxygens (including phenoxy) is 2. The zero-order valence-electron chi connectivity index (χ0n) is 28.2. The van der Waals surface area contributed by atoms with E-state index in [0.717, 1.165) is 72.4 Å². The quantitative estimate of drug-likeness (QED) is 0.180. The van der Waals surface area contributed by atoms with Crippen LogP contribution in [-0.2, 0) is 20.3 Å². The van der Waals surface area contributed by atoms with E-state index < -0.39 is 6.09 Å². The maximum absolute atomic E-state index is 11.4. The van der Waals surface area contributed by atoms with Gasteiger partial charge >= 0.3 is 6.09 Å². The number of aryl methyl sites for hydroxylation is 1. The van der Waals surface area contributed by atoms with Gasteiger partial charge in [0.1, 0.15) is 18.9 Å². The molecule has 7 rings (SSSR count). The summed E-state index contributed by atoms with van der Waals surface area (Å²) in [5, 5.41) is 15.5. The number of carbonyl (C=O) groups is 1. The summed E-state index contributed by atoms with van der Waals surface area (Å²) in [5.41, 5.74) is 6.02. The number of rotatable bonds is 10. The van der Waals surface area contributed by atoms with Crippen molar-refractivity contribution in [1.82, 2.24) is 24.6 Å². The highest BCUT2D eigenvalue weighted by Gasteiger charge is 2.31. The van der Waals surface area contributed by atoms with Crippen molar-refractivity contribution in [1.29, 1.82) is 0 Å². The van der Waals surface area contributed by atoms with Crippen molar-refractivity contribution < 1.29 is 19.4 Å². The van der Waals surface area contributed by atoms with E-state index in [9.17, 15) is 9.90 Å². The van der Waals surface area contributed by atoms with Gasteiger partial charge in [-0.1, -0.05) is 79.7 Å². The molecule has 4 heterocycles. The normalized spacial score (nSPS) is 18.5. The van der Waals surface area contributed by atoms with E-state index in [1.54, 1.807) is 4.90 Å². The summed E-state index contributed by atoms with van der Waals surface area (Å²) in [6.07, 6.45) is 0.125. The van der Waals surface area contributed by atoms with Crippen LogP contribution >= 0.6 is 0 Å². The number of anilines is 1. The van der Waals surface area contributed by atoms with Gasteiger partial charge in [0, 0.05) is 64.3 Å². The van der Waals surface area contributed by atoms with Crippen LogP contribution in [0.15, 0.2) is 91.0 Å². The first-order valence-corrected chi connectivity index (χ1v) is 17.2. The van der Waals surface area contributed by atoms with Crippen LogP contribution in [0.4, 0.5) is 10.5 Å². The average molecular weight is 661 g/mol. The van der Waals surface area contributed by atoms with Crippen molar-refractivity contribution in [2.75, 3.05) is 50.7 Å². The molecule has 2 aliphatic heterocycles. The summed E-state index contributed by atoms with van der Waals surface area (Å²) >= 11 is 0. The second-order valence-corrected chi connectivity index (χ2v) is 13.2. The van der Waals surface area contributed by atoms with Gasteiger partial charge in [0.15, 0.2) is 0 Å². The minimum absolute atomic E-state index is 0.366. The number of likely N-dealkylation sites (tertiary alicyclic amines) is 1. The third-order valence-corrected chi connectivity index (χ3v) is 9.94. The first-order valence-electron chi connectivity index (χ1n) is 17.2. The average Bonchev–Trinajstić information content (AvgIpc) is 3.48. The Labute approximate surface area is 287 Å². The smallest absolute Gasteiger partial charge is 0.407 e. The van der Waals surface area contributed by atoms with Crippen molar-refractivity contribution in [2.24, 2.45) is 18.9 Å². The molecular weight excluding hydrogens is 616 g/mol. The number of nitrogens with zero attached hydrogens (tertiary/aromatic N) is 6. The molecule has 2 atom stereocenters. The number of piperidine rings is 1. The predicted octanol–water partition coefficient (Wildman–Crippen LogP) is 6.55. The Kier molecular flexibility index (Phi) is 9.65. The van der Waals surface area contributed by atoms with E-state index in [0.29, 0.717) is 49.9 Å². The van der Waals surface area contributed by atoms with E-state index in [1.165, 1.54) is 5.69 Å². The van der Waals surface area contributed by atoms with Gasteiger partial charge in [-0.25, -0.2) is 4.79 Å². The standard InChI is InChI=1S/C39H44N6O4/c1-28-24-45(39(46)47)19-18-31(28)25-43-20-22-44(23-21-43)34-15-9-14-32-36(41-42(2)37(32)34)33-16-17-35(48-26-29-10-5-3-6-11-29)40-38(33)49-27-30-12-7-4-8-13-30/h3-17,28,31H,18-27H2,1-2H3,(H,46,47)/t28-,31-/m1/s1. The SMILES string of the molecule is C[C@@H]1CN(C(=O)O)CC[C@@H]1CN1CCN(c2cccc3c(-c4ccc(OCc5ccccc5)nc4OCc4ccccc4)nn(C)c23)CC1. The Bertz CT molecular complexity index is 1870. The third kappa shape index (κ3) is 7.34. The molecule has 254 valence electrons. The van der Waals surface area contributed by atoms with Crippen molar-refractivity contribution in [3.8, 4) is 23.0 Å². The van der Waals surface area contributed by atoms with Crippen LogP contribution in [0.25, 0.3) is 22.2 Å². The zero-order valence-corrected chi connectivity index (χ0v) is 28.2. The molecule has 2 aliphatic rings. The van der Waals surface area contributed by atoms with Crippen LogP contribution < -0.4 is 14.4 Å². The fourth-order valence-corrected chi connectivity index (χ4v) is 7.16. The van der Waals surface area contributed by atoms with Crippen LogP contribution in [0.1, 0.15) is 24.5 Å². The van der Waals surface area contributed by atoms with Gasteiger partial charge in [0.05, 0.1) is 16.8 Å². The Hall–Kier alpha value is -5.09. The van der Waals surface area contributed by atoms with Gasteiger partial charge in [-0.05, 0) is 41.5 Å². The van der Waals surface area contributed by atoms with Crippen LogP contribution in [0, 0.1) is 11.8 Å². The van der Waals surface area contributed by atoms with Gasteiger partial charge in [0.2, 0.25) is 11.8 Å². The van der Waals surface area contributed by atoms with E-state index in [-0.39, 0.29) is 0 Å². The highest BCUT2D eigenvalue weighted by molar-refractivity contribution is 6.01. The number of benzene rings is 3. The second kappa shape index (κ2) is 14.6. The Morgan fingerprint density at radius 1 is 0.837 bits per heavy atom. The fraction of sp³-hybridized carbons (Fsp3) is 0.359. The number of para-hydroxylation sites is 1. The Morgan fingerprint density at radius 3 is 2.20 bits per heavy atom. The molecule has 49 heavy (non-hydrogen) atoms. The number of amides is 1. The largest absolute Gasteiger partial charge is 0.473 e. The Morgan fingerprint density at radius 2 is 1.53 bits per heavy atom. The minimum atomic E-state index is -0.802. The molecule has 10 nitrogen and oxygen atoms in total. The summed E-state index contributed by atoms with van der Waals surface area (Å²) < 4.78 is 14.5. The topological polar surface area (TPSA) is 96.2 Å². The second-order valence-electron chi connectivity index (χ2n) is 13.2. The number of piperazine rings is 1. The highest BCUT2D eigenvalue weighted by atomic mass is 16.5. The molecule has 1 amide bonds. The molecule has 0 unspecified atom stereocenters. The molecule has 0 aliphatic carbocycles. The van der Waals surface area contributed by atoms with Crippen molar-refractivity contribution in [2.45, 2.75) is 26.6 Å². The molecule has 2 fully saturated rings. The molecule has 0 radical (unpaired) electrons. The maximum atomic E-state index is 11.4. The highest BCUT2D eigenvalue weighted by Crippen LogP contribution is 2.38. The van der Waals surface area contributed by atoms with Gasteiger partial charge in [-0.2, -0.15) is 10.1 Å². The lowest BCUT2D eigenvalue weighted by molar-refractivity contribution is 0.0836. The van der Waals surface area contributed by atoms with Crippen LogP contribution in [0.2, 0.25) is 0 Å². The van der Waals surface area contributed by atoms with Crippen molar-refractivity contribution >= 4 is 22.7 Å². The fourth-order valence-electron chi connectivity index (χ4n) is 7.16. The lowest BCUT2D eigenvalue weighted by Crippen LogP contribution is -2.51. The number of pyridine rings is 1. The van der Waals surface area contributed by atoms with Gasteiger partial charge < -0.3 is 24.4 Å². The summed E-state index contributed by atoms with van der Waals surface area (Å²) in [6, 6.07) is 30.5. The van der Waals surface area contributed by atoms with Gasteiger partial charge in [-0.15, -0.1) is 0 Å². The summed E-state index contributed by atoms with van der Waals surface area (Å²) in [5.74, 6) is 1.87. The summed E-state index contributed by atoms with van der Waals surface area (Å²) in [7, 11) is 2.01. The molecular formula is C39H44N6O4. The number of aromatic nitrogens is 3. The summed E-state index contributed by atoms with van der Waals surface area (Å²) in [4.78, 5) is 22.9. The Balaban J connectivity index is 1.10. The predicted molar refractivity (Wildman–Crippen MR) is 191 cm³/mol. The first kappa shape index (κ1) is 32.5. The number of hydrogen-bond acceptors (Lipinski definition) is 7. The van der Waals surface area contributed by atoms with Crippen LogP contribution in [0.5, 0.6) is 11.8 Å². The lowest BCUT2D eigenvalue weighted by atomic mass is 9.86. The van der Waals surface area contributed by atoms with Gasteiger partial charge in [0.25, 0.3) is 0 Å². The molecule has 10 heteroatoms. The van der Waals surface area contributed by atoms with E-state index in [2.05, 4.69) is 34.9 Å². The molecule has 2 saturated heterocycles. The minimum Gasteiger partial charge on any atom is -0.473 e. The van der Waals surface area contributed by atoms with E-state index >= 15 is 0 Å². The van der Waals surface area contributed by atoms with E-state index in [1.807, 2.05) is 84.5 Å². The molecule has 3 aromatic carbocycles. The lowest BCUT2D eigenvalue weighted by Gasteiger charge is -2.41. The van der Waals surface area contributed by atoms with Crippen molar-refractivity contribution in [3.05, 3.63) is 102 Å². The molecule has 0 saturated carbocycles. The molecule has 2 aromatic heterocycles. The summed E-state index contributed by atoms with van der Waals surface area (Å²) in [6.45, 7) is 9.04. The van der Waals surface area contributed by atoms with Gasteiger partial charge in [-0.3, -0.25) is 9.58 Å². The molecule has 0 bridgehead atoms. The van der Waals surface area contributed by atoms with Crippen molar-refractivity contribution in [3.63, 3.8) is 0 Å². The first-order chi connectivity index (χ1) is 23.9. The van der Waals surface area contributed by atoms with E-state index in [4.69, 9.17) is 19.6 Å². The molecule has 1 N–H and O–H groups in total. The molecule has 0 spiro atoms. The van der Waals surface area contributed by atoms with Crippen LogP contribution in [0.3, 0.4) is 0 Å². The molecule has 5 aromatic rings. The monoisotopic (exact) mass is 660 g/mol. The zero-order chi connectivity index (χ0) is 33.7. The van der Waals surface area contributed by atoms with Crippen LogP contribution in [-0.4, -0.2) is 81.6 Å². The number of carboxylic acid groups (broad SMARTS) is 1. The number of hydrogen-bond donors (Lipinski definition) is 1. The maximum Gasteiger partial charge on any atom is 0.407 e.